The van der Waals surface area contributed by atoms with Gasteiger partial charge in [0.05, 0.1) is 26.2 Å². The summed E-state index contributed by atoms with van der Waals surface area (Å²) in [6, 6.07) is 0. The van der Waals surface area contributed by atoms with Crippen LogP contribution in [-0.2, 0) is 22.4 Å². The molecule has 1 rings (SSSR count). The van der Waals surface area contributed by atoms with Crippen LogP contribution in [0.4, 0.5) is 0 Å². The SMILES string of the molecule is CCc1nc(Cl)c(CC(=O)OC)c(OC)n1. The maximum absolute atomic E-state index is 11.2. The molecule has 0 spiro atoms. The Kier molecular flexibility index (Phi) is 4.49. The number of halogens is 1. The molecule has 6 heteroatoms. The molecule has 0 aliphatic carbocycles. The monoisotopic (exact) mass is 244 g/mol. The maximum Gasteiger partial charge on any atom is 0.310 e. The summed E-state index contributed by atoms with van der Waals surface area (Å²) < 4.78 is 9.63. The number of rotatable bonds is 4. The fraction of sp³-hybridized carbons (Fsp3) is 0.500. The fourth-order valence-corrected chi connectivity index (χ4v) is 1.42. The third-order valence-corrected chi connectivity index (χ3v) is 2.34. The summed E-state index contributed by atoms with van der Waals surface area (Å²) in [6.07, 6.45) is 0.650. The van der Waals surface area contributed by atoms with E-state index >= 15 is 0 Å². The highest BCUT2D eigenvalue weighted by molar-refractivity contribution is 6.30. The highest BCUT2D eigenvalue weighted by atomic mass is 35.5. The Hall–Kier alpha value is -1.36. The molecule has 5 nitrogen and oxygen atoms in total. The summed E-state index contributed by atoms with van der Waals surface area (Å²) in [7, 11) is 2.78. The number of carbonyl (C=O) groups is 1. The van der Waals surface area contributed by atoms with Crippen LogP contribution < -0.4 is 4.74 Å². The molecule has 0 aromatic carbocycles. The summed E-state index contributed by atoms with van der Waals surface area (Å²) >= 11 is 5.95. The largest absolute Gasteiger partial charge is 0.481 e. The molecule has 16 heavy (non-hydrogen) atoms. The van der Waals surface area contributed by atoms with Gasteiger partial charge in [-0.05, 0) is 0 Å². The first kappa shape index (κ1) is 12.7. The van der Waals surface area contributed by atoms with Crippen molar-refractivity contribution in [3.8, 4) is 5.88 Å². The zero-order valence-corrected chi connectivity index (χ0v) is 10.2. The molecular formula is C10H13ClN2O3. The van der Waals surface area contributed by atoms with Crippen molar-refractivity contribution in [2.24, 2.45) is 0 Å². The van der Waals surface area contributed by atoms with Gasteiger partial charge in [-0.15, -0.1) is 0 Å². The van der Waals surface area contributed by atoms with Gasteiger partial charge >= 0.3 is 5.97 Å². The summed E-state index contributed by atoms with van der Waals surface area (Å²) in [5.41, 5.74) is 0.452. The third-order valence-electron chi connectivity index (χ3n) is 2.02. The lowest BCUT2D eigenvalue weighted by Crippen LogP contribution is -2.09. The molecule has 0 radical (unpaired) electrons. The van der Waals surface area contributed by atoms with E-state index in [0.29, 0.717) is 23.7 Å². The lowest BCUT2D eigenvalue weighted by Gasteiger charge is -2.09. The average Bonchev–Trinajstić information content (AvgIpc) is 2.30. The van der Waals surface area contributed by atoms with Crippen molar-refractivity contribution in [1.82, 2.24) is 9.97 Å². The molecule has 1 aromatic heterocycles. The van der Waals surface area contributed by atoms with E-state index in [-0.39, 0.29) is 11.6 Å². The number of hydrogen-bond donors (Lipinski definition) is 0. The quantitative estimate of drug-likeness (QED) is 0.592. The van der Waals surface area contributed by atoms with Gasteiger partial charge in [0.2, 0.25) is 5.88 Å². The second-order valence-corrected chi connectivity index (χ2v) is 3.38. The Balaban J connectivity index is 3.11. The summed E-state index contributed by atoms with van der Waals surface area (Å²) in [4.78, 5) is 19.4. The van der Waals surface area contributed by atoms with Crippen molar-refractivity contribution in [3.05, 3.63) is 16.5 Å². The first-order valence-corrected chi connectivity index (χ1v) is 5.16. The van der Waals surface area contributed by atoms with Gasteiger partial charge in [0.1, 0.15) is 11.0 Å². The van der Waals surface area contributed by atoms with Gasteiger partial charge in [-0.1, -0.05) is 18.5 Å². The predicted octanol–water partition coefficient (Wildman–Crippen LogP) is 1.42. The molecule has 1 heterocycles. The zero-order chi connectivity index (χ0) is 12.1. The number of hydrogen-bond acceptors (Lipinski definition) is 5. The molecule has 0 saturated heterocycles. The smallest absolute Gasteiger partial charge is 0.310 e. The minimum atomic E-state index is -0.409. The zero-order valence-electron chi connectivity index (χ0n) is 9.41. The van der Waals surface area contributed by atoms with E-state index in [1.807, 2.05) is 6.92 Å². The summed E-state index contributed by atoms with van der Waals surface area (Å²) in [5.74, 6) is 0.491. The minimum Gasteiger partial charge on any atom is -0.481 e. The van der Waals surface area contributed by atoms with Gasteiger partial charge in [-0.25, -0.2) is 4.98 Å². The van der Waals surface area contributed by atoms with Crippen LogP contribution in [0.5, 0.6) is 5.88 Å². The number of methoxy groups -OCH3 is 2. The van der Waals surface area contributed by atoms with Crippen LogP contribution in [0, 0.1) is 0 Å². The first-order chi connectivity index (χ1) is 7.62. The summed E-state index contributed by atoms with van der Waals surface area (Å²) in [6.45, 7) is 1.91. The second-order valence-electron chi connectivity index (χ2n) is 3.02. The Bertz CT molecular complexity index is 396. The van der Waals surface area contributed by atoms with Gasteiger partial charge in [0, 0.05) is 6.42 Å². The van der Waals surface area contributed by atoms with Crippen LogP contribution in [0.3, 0.4) is 0 Å². The van der Waals surface area contributed by atoms with Crippen molar-refractivity contribution in [3.63, 3.8) is 0 Å². The molecule has 0 aliphatic heterocycles. The van der Waals surface area contributed by atoms with Gasteiger partial charge in [-0.2, -0.15) is 4.98 Å². The number of esters is 1. The molecular weight excluding hydrogens is 232 g/mol. The van der Waals surface area contributed by atoms with Crippen molar-refractivity contribution < 1.29 is 14.3 Å². The third kappa shape index (κ3) is 2.82. The normalized spacial score (nSPS) is 10.0. The molecule has 0 amide bonds. The Morgan fingerprint density at radius 3 is 2.56 bits per heavy atom. The maximum atomic E-state index is 11.2. The predicted molar refractivity (Wildman–Crippen MR) is 58.7 cm³/mol. The molecule has 0 N–H and O–H groups in total. The van der Waals surface area contributed by atoms with E-state index in [1.165, 1.54) is 14.2 Å². The second kappa shape index (κ2) is 5.65. The number of carbonyl (C=O) groups excluding carboxylic acids is 1. The van der Waals surface area contributed by atoms with Crippen LogP contribution in [0.15, 0.2) is 0 Å². The molecule has 0 fully saturated rings. The van der Waals surface area contributed by atoms with E-state index in [2.05, 4.69) is 14.7 Å². The van der Waals surface area contributed by atoms with Crippen LogP contribution in [0.1, 0.15) is 18.3 Å². The van der Waals surface area contributed by atoms with Crippen molar-refractivity contribution in [1.29, 1.82) is 0 Å². The van der Waals surface area contributed by atoms with Gasteiger partial charge in [-0.3, -0.25) is 4.79 Å². The van der Waals surface area contributed by atoms with E-state index in [9.17, 15) is 4.79 Å². The lowest BCUT2D eigenvalue weighted by molar-refractivity contribution is -0.139. The fourth-order valence-electron chi connectivity index (χ4n) is 1.17. The Labute approximate surface area is 98.8 Å². The van der Waals surface area contributed by atoms with E-state index in [1.54, 1.807) is 0 Å². The van der Waals surface area contributed by atoms with Crippen LogP contribution >= 0.6 is 11.6 Å². The van der Waals surface area contributed by atoms with E-state index in [4.69, 9.17) is 16.3 Å². The summed E-state index contributed by atoms with van der Waals surface area (Å²) in [5, 5.41) is 0.231. The first-order valence-electron chi connectivity index (χ1n) is 4.78. The van der Waals surface area contributed by atoms with Gasteiger partial charge < -0.3 is 9.47 Å². The van der Waals surface area contributed by atoms with Gasteiger partial charge in [0.15, 0.2) is 0 Å². The highest BCUT2D eigenvalue weighted by Crippen LogP contribution is 2.23. The van der Waals surface area contributed by atoms with Crippen LogP contribution in [0.2, 0.25) is 5.15 Å². The molecule has 0 aliphatic rings. The molecule has 0 saturated carbocycles. The van der Waals surface area contributed by atoms with E-state index in [0.717, 1.165) is 0 Å². The standard InChI is InChI=1S/C10H13ClN2O3/c1-4-7-12-9(11)6(5-8(14)15-2)10(13-7)16-3/h4-5H2,1-3H3. The lowest BCUT2D eigenvalue weighted by atomic mass is 10.2. The molecule has 88 valence electrons. The number of nitrogens with zero attached hydrogens (tertiary/aromatic N) is 2. The number of aromatic nitrogens is 2. The molecule has 0 bridgehead atoms. The molecule has 1 aromatic rings. The average molecular weight is 245 g/mol. The van der Waals surface area contributed by atoms with Crippen molar-refractivity contribution in [2.45, 2.75) is 19.8 Å². The number of aryl methyl sites for hydroxylation is 1. The topological polar surface area (TPSA) is 61.3 Å². The highest BCUT2D eigenvalue weighted by Gasteiger charge is 2.16. The minimum absolute atomic E-state index is 0.00248. The molecule has 0 atom stereocenters. The number of ether oxygens (including phenoxy) is 2. The van der Waals surface area contributed by atoms with Crippen molar-refractivity contribution in [2.75, 3.05) is 14.2 Å². The van der Waals surface area contributed by atoms with E-state index < -0.39 is 5.97 Å². The molecule has 0 unspecified atom stereocenters. The van der Waals surface area contributed by atoms with Crippen LogP contribution in [-0.4, -0.2) is 30.2 Å². The Morgan fingerprint density at radius 1 is 1.38 bits per heavy atom. The Morgan fingerprint density at radius 2 is 2.06 bits per heavy atom. The van der Waals surface area contributed by atoms with Crippen LogP contribution in [0.25, 0.3) is 0 Å². The van der Waals surface area contributed by atoms with Gasteiger partial charge in [0.25, 0.3) is 0 Å². The van der Waals surface area contributed by atoms with Crippen molar-refractivity contribution >= 4 is 17.6 Å².